The highest BCUT2D eigenvalue weighted by atomic mass is 16.5. The lowest BCUT2D eigenvalue weighted by molar-refractivity contribution is -0.121. The quantitative estimate of drug-likeness (QED) is 0.525. The maximum atomic E-state index is 12.3. The van der Waals surface area contributed by atoms with Gasteiger partial charge in [-0.25, -0.2) is 5.43 Å². The number of nitrogens with zero attached hydrogens (tertiary/aromatic N) is 1. The fourth-order valence-electron chi connectivity index (χ4n) is 3.89. The van der Waals surface area contributed by atoms with E-state index in [1.54, 1.807) is 0 Å². The highest BCUT2D eigenvalue weighted by Crippen LogP contribution is 2.33. The van der Waals surface area contributed by atoms with E-state index in [2.05, 4.69) is 45.4 Å². The molecule has 1 fully saturated rings. The third-order valence-electron chi connectivity index (χ3n) is 5.60. The summed E-state index contributed by atoms with van der Waals surface area (Å²) in [6.45, 7) is 3.71. The van der Waals surface area contributed by atoms with E-state index in [-0.39, 0.29) is 11.9 Å². The molecule has 3 N–H and O–H groups in total. The standard InChI is InChI=1S/C25H28N4O2/c1-18-5-2-3-8-23(18)31-14-11-24(30)27-16-19-6-4-7-21(15-19)25-22(17-28-29-25)20-9-12-26-13-10-20/h2-10,12-13,15,22,25,28-29H,11,14,16-17H2,1H3,(H,27,30). The Morgan fingerprint density at radius 3 is 2.77 bits per heavy atom. The summed E-state index contributed by atoms with van der Waals surface area (Å²) in [6, 6.07) is 20.5. The van der Waals surface area contributed by atoms with Gasteiger partial charge in [-0.15, -0.1) is 0 Å². The molecule has 2 heterocycles. The zero-order valence-electron chi connectivity index (χ0n) is 17.7. The van der Waals surface area contributed by atoms with Gasteiger partial charge in [0.1, 0.15) is 5.75 Å². The number of aromatic nitrogens is 1. The van der Waals surface area contributed by atoms with Gasteiger partial charge in [0, 0.05) is 31.4 Å². The van der Waals surface area contributed by atoms with Crippen LogP contribution in [-0.2, 0) is 11.3 Å². The Kier molecular flexibility index (Phi) is 6.92. The largest absolute Gasteiger partial charge is 0.493 e. The van der Waals surface area contributed by atoms with Crippen molar-refractivity contribution in [1.82, 2.24) is 21.2 Å². The molecule has 31 heavy (non-hydrogen) atoms. The molecule has 160 valence electrons. The van der Waals surface area contributed by atoms with Gasteiger partial charge in [-0.1, -0.05) is 42.5 Å². The second-order valence-corrected chi connectivity index (χ2v) is 7.78. The van der Waals surface area contributed by atoms with Crippen molar-refractivity contribution in [2.45, 2.75) is 31.8 Å². The summed E-state index contributed by atoms with van der Waals surface area (Å²) >= 11 is 0. The molecular formula is C25H28N4O2. The van der Waals surface area contributed by atoms with Gasteiger partial charge in [-0.2, -0.15) is 0 Å². The van der Waals surface area contributed by atoms with E-state index in [0.717, 1.165) is 23.4 Å². The average molecular weight is 417 g/mol. The summed E-state index contributed by atoms with van der Waals surface area (Å²) in [6.07, 6.45) is 3.99. The van der Waals surface area contributed by atoms with Crippen LogP contribution in [0, 0.1) is 6.92 Å². The molecule has 1 aliphatic rings. The van der Waals surface area contributed by atoms with Crippen molar-refractivity contribution >= 4 is 5.91 Å². The molecule has 1 aliphatic heterocycles. The number of hydrogen-bond acceptors (Lipinski definition) is 5. The van der Waals surface area contributed by atoms with Crippen LogP contribution in [0.3, 0.4) is 0 Å². The molecular weight excluding hydrogens is 388 g/mol. The minimum atomic E-state index is -0.0192. The predicted molar refractivity (Wildman–Crippen MR) is 120 cm³/mol. The van der Waals surface area contributed by atoms with E-state index in [0.29, 0.717) is 25.5 Å². The third-order valence-corrected chi connectivity index (χ3v) is 5.60. The number of nitrogens with one attached hydrogen (secondary N) is 3. The second kappa shape index (κ2) is 10.2. The van der Waals surface area contributed by atoms with Gasteiger partial charge in [-0.05, 0) is 47.4 Å². The van der Waals surface area contributed by atoms with E-state index < -0.39 is 0 Å². The number of ether oxygens (including phenoxy) is 1. The SMILES string of the molecule is Cc1ccccc1OCCC(=O)NCc1cccc(C2NNCC2c2ccncc2)c1. The van der Waals surface area contributed by atoms with Crippen LogP contribution in [0.2, 0.25) is 0 Å². The Bertz CT molecular complexity index is 1010. The van der Waals surface area contributed by atoms with Crippen LogP contribution in [0.5, 0.6) is 5.75 Å². The normalized spacial score (nSPS) is 18.0. The molecule has 0 radical (unpaired) electrons. The first kappa shape index (κ1) is 21.0. The van der Waals surface area contributed by atoms with E-state index in [1.807, 2.05) is 55.7 Å². The molecule has 3 aromatic rings. The monoisotopic (exact) mass is 416 g/mol. The lowest BCUT2D eigenvalue weighted by Crippen LogP contribution is -2.26. The maximum Gasteiger partial charge on any atom is 0.223 e. The smallest absolute Gasteiger partial charge is 0.223 e. The number of rotatable bonds is 8. The number of amides is 1. The van der Waals surface area contributed by atoms with Crippen LogP contribution < -0.4 is 20.9 Å². The molecule has 1 saturated heterocycles. The van der Waals surface area contributed by atoms with Crippen molar-refractivity contribution in [3.8, 4) is 5.75 Å². The Morgan fingerprint density at radius 2 is 1.94 bits per heavy atom. The molecule has 0 spiro atoms. The number of hydrazine groups is 1. The van der Waals surface area contributed by atoms with Gasteiger partial charge in [0.25, 0.3) is 0 Å². The molecule has 2 atom stereocenters. The average Bonchev–Trinajstić information content (AvgIpc) is 3.30. The van der Waals surface area contributed by atoms with Crippen molar-refractivity contribution in [3.05, 3.63) is 95.3 Å². The molecule has 0 saturated carbocycles. The Morgan fingerprint density at radius 1 is 1.10 bits per heavy atom. The molecule has 6 heteroatoms. The van der Waals surface area contributed by atoms with E-state index in [1.165, 1.54) is 11.1 Å². The minimum Gasteiger partial charge on any atom is -0.493 e. The summed E-state index contributed by atoms with van der Waals surface area (Å²) in [5.41, 5.74) is 11.3. The summed E-state index contributed by atoms with van der Waals surface area (Å²) in [4.78, 5) is 16.4. The molecule has 1 amide bonds. The predicted octanol–water partition coefficient (Wildman–Crippen LogP) is 3.41. The van der Waals surface area contributed by atoms with Crippen molar-refractivity contribution in [2.75, 3.05) is 13.2 Å². The molecule has 0 aliphatic carbocycles. The second-order valence-electron chi connectivity index (χ2n) is 7.78. The van der Waals surface area contributed by atoms with Crippen LogP contribution in [0.15, 0.2) is 73.1 Å². The number of hydrogen-bond donors (Lipinski definition) is 3. The van der Waals surface area contributed by atoms with Gasteiger partial charge in [0.05, 0.1) is 19.1 Å². The summed E-state index contributed by atoms with van der Waals surface area (Å²) in [7, 11) is 0. The van der Waals surface area contributed by atoms with Crippen molar-refractivity contribution in [1.29, 1.82) is 0 Å². The topological polar surface area (TPSA) is 75.3 Å². The zero-order valence-corrected chi connectivity index (χ0v) is 17.7. The third kappa shape index (κ3) is 5.48. The molecule has 2 aromatic carbocycles. The number of carbonyl (C=O) groups is 1. The van der Waals surface area contributed by atoms with Crippen LogP contribution in [0.25, 0.3) is 0 Å². The van der Waals surface area contributed by atoms with Gasteiger partial charge in [0.15, 0.2) is 0 Å². The van der Waals surface area contributed by atoms with E-state index >= 15 is 0 Å². The molecule has 0 bridgehead atoms. The Hall–Kier alpha value is -3.22. The highest BCUT2D eigenvalue weighted by molar-refractivity contribution is 5.76. The molecule has 6 nitrogen and oxygen atoms in total. The first-order chi connectivity index (χ1) is 15.2. The fraction of sp³-hybridized carbons (Fsp3) is 0.280. The number of benzene rings is 2. The van der Waals surface area contributed by atoms with Crippen LogP contribution >= 0.6 is 0 Å². The minimum absolute atomic E-state index is 0.0192. The number of carbonyl (C=O) groups excluding carboxylic acids is 1. The van der Waals surface area contributed by atoms with E-state index in [4.69, 9.17) is 4.74 Å². The lowest BCUT2D eigenvalue weighted by Gasteiger charge is -2.20. The van der Waals surface area contributed by atoms with Crippen molar-refractivity contribution in [2.24, 2.45) is 0 Å². The molecule has 4 rings (SSSR count). The van der Waals surface area contributed by atoms with Crippen LogP contribution in [0.1, 0.15) is 40.6 Å². The van der Waals surface area contributed by atoms with Gasteiger partial charge < -0.3 is 10.1 Å². The summed E-state index contributed by atoms with van der Waals surface area (Å²) in [5, 5.41) is 3.00. The van der Waals surface area contributed by atoms with Gasteiger partial charge in [0.2, 0.25) is 5.91 Å². The van der Waals surface area contributed by atoms with Crippen molar-refractivity contribution in [3.63, 3.8) is 0 Å². The first-order valence-electron chi connectivity index (χ1n) is 10.6. The molecule has 1 aromatic heterocycles. The first-order valence-corrected chi connectivity index (χ1v) is 10.6. The van der Waals surface area contributed by atoms with Crippen LogP contribution in [-0.4, -0.2) is 24.0 Å². The number of pyridine rings is 1. The molecule has 2 unspecified atom stereocenters. The van der Waals surface area contributed by atoms with Crippen LogP contribution in [0.4, 0.5) is 0 Å². The van der Waals surface area contributed by atoms with Gasteiger partial charge in [-0.3, -0.25) is 15.2 Å². The summed E-state index contributed by atoms with van der Waals surface area (Å²) < 4.78 is 5.72. The van der Waals surface area contributed by atoms with Gasteiger partial charge >= 0.3 is 0 Å². The Balaban J connectivity index is 1.30. The Labute approximate surface area is 183 Å². The number of para-hydroxylation sites is 1. The van der Waals surface area contributed by atoms with E-state index in [9.17, 15) is 4.79 Å². The zero-order chi connectivity index (χ0) is 21.5. The maximum absolute atomic E-state index is 12.3. The lowest BCUT2D eigenvalue weighted by atomic mass is 9.88. The number of aryl methyl sites for hydroxylation is 1. The summed E-state index contributed by atoms with van der Waals surface area (Å²) in [5.74, 6) is 1.13. The highest BCUT2D eigenvalue weighted by Gasteiger charge is 2.29. The van der Waals surface area contributed by atoms with Crippen molar-refractivity contribution < 1.29 is 9.53 Å². The fourth-order valence-corrected chi connectivity index (χ4v) is 3.89.